The fraction of sp³-hybridized carbons (Fsp3) is 0.345. The summed E-state index contributed by atoms with van der Waals surface area (Å²) < 4.78 is 11.6. The third kappa shape index (κ3) is 6.80. The van der Waals surface area contributed by atoms with Gasteiger partial charge in [-0.15, -0.1) is 0 Å². The van der Waals surface area contributed by atoms with E-state index in [0.29, 0.717) is 53.1 Å². The van der Waals surface area contributed by atoms with E-state index in [1.54, 1.807) is 19.1 Å². The average molecular weight is 524 g/mol. The Hall–Kier alpha value is -4.11. The number of carbonyl (C=O) groups excluding carboxylic acids is 1. The highest BCUT2D eigenvalue weighted by Gasteiger charge is 2.30. The number of hydrogen-bond donors (Lipinski definition) is 3. The van der Waals surface area contributed by atoms with Gasteiger partial charge in [-0.2, -0.15) is 0 Å². The van der Waals surface area contributed by atoms with Crippen molar-refractivity contribution < 1.29 is 38.9 Å². The summed E-state index contributed by atoms with van der Waals surface area (Å²) in [6.07, 6.45) is 4.59. The number of phenolic OH excluding ortho intramolecular Hbond substituents is 1. The van der Waals surface area contributed by atoms with Crippen molar-refractivity contribution in [3.05, 3.63) is 65.7 Å². The first-order chi connectivity index (χ1) is 18.1. The summed E-state index contributed by atoms with van der Waals surface area (Å²) >= 11 is 0. The van der Waals surface area contributed by atoms with Crippen LogP contribution >= 0.6 is 0 Å². The molecule has 0 unspecified atom stereocenters. The summed E-state index contributed by atoms with van der Waals surface area (Å²) in [4.78, 5) is 34.5. The second kappa shape index (κ2) is 12.9. The Morgan fingerprint density at radius 1 is 1.00 bits per heavy atom. The molecule has 1 aliphatic heterocycles. The Morgan fingerprint density at radius 3 is 2.16 bits per heavy atom. The van der Waals surface area contributed by atoms with Crippen LogP contribution in [0.25, 0.3) is 22.3 Å². The molecule has 2 aromatic carbocycles. The molecule has 38 heavy (non-hydrogen) atoms. The van der Waals surface area contributed by atoms with Crippen molar-refractivity contribution in [2.45, 2.75) is 58.7 Å². The maximum Gasteiger partial charge on any atom is 0.342 e. The molecule has 0 amide bonds. The number of rotatable bonds is 7. The lowest BCUT2D eigenvalue weighted by molar-refractivity contribution is -0.134. The van der Waals surface area contributed by atoms with Crippen molar-refractivity contribution in [2.75, 3.05) is 6.61 Å². The van der Waals surface area contributed by atoms with Crippen LogP contribution in [0.3, 0.4) is 0 Å². The Morgan fingerprint density at radius 2 is 1.61 bits per heavy atom. The largest absolute Gasteiger partial charge is 0.508 e. The van der Waals surface area contributed by atoms with Gasteiger partial charge in [0.2, 0.25) is 0 Å². The van der Waals surface area contributed by atoms with Crippen LogP contribution < -0.4 is 0 Å². The predicted octanol–water partition coefficient (Wildman–Crippen LogP) is 5.46. The van der Waals surface area contributed by atoms with E-state index in [2.05, 4.69) is 18.7 Å². The molecule has 202 valence electrons. The maximum atomic E-state index is 13.0. The number of fused-ring (bicyclic) bond motifs is 1. The number of ether oxygens (including phenoxy) is 1. The van der Waals surface area contributed by atoms with Gasteiger partial charge in [0.05, 0.1) is 6.61 Å². The number of phenols is 1. The van der Waals surface area contributed by atoms with Gasteiger partial charge in [-0.25, -0.2) is 14.4 Å². The van der Waals surface area contributed by atoms with Crippen LogP contribution in [-0.4, -0.2) is 56.8 Å². The highest BCUT2D eigenvalue weighted by atomic mass is 16.5. The van der Waals surface area contributed by atoms with E-state index in [-0.39, 0.29) is 12.4 Å². The van der Waals surface area contributed by atoms with Crippen LogP contribution in [0.5, 0.6) is 5.75 Å². The minimum absolute atomic E-state index is 0.179. The number of aliphatic carboxylic acids is 2. The van der Waals surface area contributed by atoms with E-state index >= 15 is 0 Å². The van der Waals surface area contributed by atoms with E-state index < -0.39 is 17.9 Å². The molecule has 0 aliphatic carbocycles. The third-order valence-electron chi connectivity index (χ3n) is 6.54. The number of hydrogen-bond acceptors (Lipinski definition) is 7. The summed E-state index contributed by atoms with van der Waals surface area (Å²) in [5, 5.41) is 27.1. The Labute approximate surface area is 220 Å². The molecule has 1 aromatic heterocycles. The maximum absolute atomic E-state index is 13.0. The molecule has 1 fully saturated rings. The van der Waals surface area contributed by atoms with Gasteiger partial charge in [-0.3, -0.25) is 4.90 Å². The second-order valence-corrected chi connectivity index (χ2v) is 9.14. The molecule has 1 aliphatic rings. The predicted molar refractivity (Wildman–Crippen MR) is 142 cm³/mol. The SMILES string of the molecule is CCOC(=O)c1c(-c2ccccc2)oc2ccc(O)c(CN3[C@H](C)CCC[C@@H]3C)c12.O=C(O)/C=C/C(=O)O. The fourth-order valence-corrected chi connectivity index (χ4v) is 4.71. The molecule has 2 heterocycles. The van der Waals surface area contributed by atoms with Crippen LogP contribution in [0, 0.1) is 0 Å². The fourth-order valence-electron chi connectivity index (χ4n) is 4.71. The van der Waals surface area contributed by atoms with Crippen molar-refractivity contribution in [3.63, 3.8) is 0 Å². The van der Waals surface area contributed by atoms with Gasteiger partial charge in [-0.05, 0) is 45.7 Å². The summed E-state index contributed by atoms with van der Waals surface area (Å²) in [5.74, 6) is -2.28. The lowest BCUT2D eigenvalue weighted by Gasteiger charge is -2.39. The number of carboxylic acids is 2. The normalized spacial score (nSPS) is 17.7. The summed E-state index contributed by atoms with van der Waals surface area (Å²) in [5.41, 5.74) is 2.51. The van der Waals surface area contributed by atoms with Crippen LogP contribution in [0.15, 0.2) is 59.0 Å². The standard InChI is InChI=1S/C25H29NO4.C4H4O4/c1-4-29-25(28)23-22-19(15-26-16(2)9-8-10-17(26)3)20(27)13-14-21(22)30-24(23)18-11-6-5-7-12-18;5-3(6)1-2-4(7)8/h5-7,11-14,16-17,27H,4,8-10,15H2,1-3H3;1-2H,(H,5,6)(H,7,8)/b;2-1+/t16-,17+;. The number of carbonyl (C=O) groups is 3. The lowest BCUT2D eigenvalue weighted by Crippen LogP contribution is -2.43. The minimum Gasteiger partial charge on any atom is -0.508 e. The number of nitrogens with zero attached hydrogens (tertiary/aromatic N) is 1. The molecule has 4 rings (SSSR count). The van der Waals surface area contributed by atoms with Gasteiger partial charge in [-0.1, -0.05) is 36.8 Å². The van der Waals surface area contributed by atoms with Crippen molar-refractivity contribution in [1.29, 1.82) is 0 Å². The molecule has 3 aromatic rings. The van der Waals surface area contributed by atoms with E-state index in [1.807, 2.05) is 30.3 Å². The molecule has 1 saturated heterocycles. The van der Waals surface area contributed by atoms with Crippen molar-refractivity contribution >= 4 is 28.9 Å². The summed E-state index contributed by atoms with van der Waals surface area (Å²) in [6, 6.07) is 13.8. The number of esters is 1. The second-order valence-electron chi connectivity index (χ2n) is 9.14. The molecular formula is C29H33NO8. The zero-order chi connectivity index (χ0) is 27.8. The molecule has 3 N–H and O–H groups in total. The molecule has 0 bridgehead atoms. The zero-order valence-electron chi connectivity index (χ0n) is 21.7. The number of aromatic hydroxyl groups is 1. The van der Waals surface area contributed by atoms with E-state index in [4.69, 9.17) is 19.4 Å². The van der Waals surface area contributed by atoms with Crippen molar-refractivity contribution in [2.24, 2.45) is 0 Å². The van der Waals surface area contributed by atoms with Gasteiger partial charge in [0, 0.05) is 47.3 Å². The van der Waals surface area contributed by atoms with E-state index in [0.717, 1.165) is 24.0 Å². The number of furan rings is 1. The number of piperidine rings is 1. The Bertz CT molecular complexity index is 1290. The molecule has 0 radical (unpaired) electrons. The lowest BCUT2D eigenvalue weighted by atomic mass is 9.95. The quantitative estimate of drug-likeness (QED) is 0.272. The first-order valence-electron chi connectivity index (χ1n) is 12.5. The molecule has 9 heteroatoms. The highest BCUT2D eigenvalue weighted by Crippen LogP contribution is 2.40. The number of likely N-dealkylation sites (tertiary alicyclic amines) is 1. The van der Waals surface area contributed by atoms with Crippen LogP contribution in [0.1, 0.15) is 56.0 Å². The molecule has 0 saturated carbocycles. The van der Waals surface area contributed by atoms with Crippen LogP contribution in [0.2, 0.25) is 0 Å². The first kappa shape index (κ1) is 28.5. The summed E-state index contributed by atoms with van der Waals surface area (Å²) in [7, 11) is 0. The van der Waals surface area contributed by atoms with Crippen molar-refractivity contribution in [3.8, 4) is 17.1 Å². The van der Waals surface area contributed by atoms with Gasteiger partial charge in [0.15, 0.2) is 0 Å². The molecule has 0 spiro atoms. The minimum atomic E-state index is -1.26. The number of carboxylic acid groups (broad SMARTS) is 2. The summed E-state index contributed by atoms with van der Waals surface area (Å²) in [6.45, 7) is 7.07. The van der Waals surface area contributed by atoms with Gasteiger partial charge < -0.3 is 24.5 Å². The van der Waals surface area contributed by atoms with Gasteiger partial charge in [0.1, 0.15) is 22.7 Å². The van der Waals surface area contributed by atoms with Crippen LogP contribution in [0.4, 0.5) is 0 Å². The monoisotopic (exact) mass is 523 g/mol. The van der Waals surface area contributed by atoms with Crippen molar-refractivity contribution in [1.82, 2.24) is 4.90 Å². The topological polar surface area (TPSA) is 138 Å². The average Bonchev–Trinajstić information content (AvgIpc) is 3.27. The van der Waals surface area contributed by atoms with Gasteiger partial charge >= 0.3 is 17.9 Å². The van der Waals surface area contributed by atoms with Gasteiger partial charge in [0.25, 0.3) is 0 Å². The zero-order valence-corrected chi connectivity index (χ0v) is 21.7. The Kier molecular flexibility index (Phi) is 9.67. The van der Waals surface area contributed by atoms with E-state index in [1.165, 1.54) is 6.42 Å². The highest BCUT2D eigenvalue weighted by molar-refractivity contribution is 6.10. The smallest absolute Gasteiger partial charge is 0.342 e. The molecule has 2 atom stereocenters. The van der Waals surface area contributed by atoms with E-state index in [9.17, 15) is 19.5 Å². The third-order valence-corrected chi connectivity index (χ3v) is 6.54. The molecule has 9 nitrogen and oxygen atoms in total. The van der Waals surface area contributed by atoms with Crippen LogP contribution in [-0.2, 0) is 20.9 Å². The number of benzene rings is 2. The first-order valence-corrected chi connectivity index (χ1v) is 12.5. The molecular weight excluding hydrogens is 490 g/mol. The Balaban J connectivity index is 0.000000436.